The summed E-state index contributed by atoms with van der Waals surface area (Å²) >= 11 is 0. The van der Waals surface area contributed by atoms with Gasteiger partial charge in [-0.3, -0.25) is 9.59 Å². The fraction of sp³-hybridized carbons (Fsp3) is 0.543. The average molecular weight is 750 g/mol. The van der Waals surface area contributed by atoms with Crippen LogP contribution in [0, 0.1) is 0 Å². The summed E-state index contributed by atoms with van der Waals surface area (Å²) in [5.41, 5.74) is 0. The molecule has 0 saturated heterocycles. The summed E-state index contributed by atoms with van der Waals surface area (Å²) in [6.07, 6.45) is 48.3. The van der Waals surface area contributed by atoms with Crippen LogP contribution in [0.2, 0.25) is 0 Å². The molecule has 0 aromatic rings. The minimum absolute atomic E-state index is 0.00901. The number of carbonyl (C=O) groups excluding carboxylic acids is 3. The second kappa shape index (κ2) is 36.0. The maximum absolute atomic E-state index is 12.7. The van der Waals surface area contributed by atoms with Crippen molar-refractivity contribution in [1.29, 1.82) is 0 Å². The van der Waals surface area contributed by atoms with E-state index in [4.69, 9.17) is 14.2 Å². The number of carboxylic acids is 1. The van der Waals surface area contributed by atoms with Gasteiger partial charge in [0.2, 0.25) is 0 Å². The summed E-state index contributed by atoms with van der Waals surface area (Å²) in [6, 6.07) is -0.743. The van der Waals surface area contributed by atoms with Gasteiger partial charge in [-0.2, -0.15) is 0 Å². The van der Waals surface area contributed by atoms with Crippen LogP contribution in [0.1, 0.15) is 110 Å². The lowest BCUT2D eigenvalue weighted by Gasteiger charge is -2.34. The molecule has 2 unspecified atom stereocenters. The van der Waals surface area contributed by atoms with Crippen molar-refractivity contribution in [2.24, 2.45) is 0 Å². The maximum atomic E-state index is 12.7. The molecule has 0 amide bonds. The number of unbranched alkanes of at least 4 members (excludes halogenated alkanes) is 8. The number of allylic oxidation sites excluding steroid dienone is 18. The van der Waals surface area contributed by atoms with E-state index in [-0.39, 0.29) is 55.5 Å². The van der Waals surface area contributed by atoms with Gasteiger partial charge in [-0.15, -0.1) is 0 Å². The van der Waals surface area contributed by atoms with E-state index in [1.807, 2.05) is 72.9 Å². The van der Waals surface area contributed by atoms with Crippen molar-refractivity contribution in [3.63, 3.8) is 0 Å². The van der Waals surface area contributed by atoms with E-state index >= 15 is 0 Å². The number of hydrogen-bond donors (Lipinski definition) is 0. The largest absolute Gasteiger partial charge is 0.544 e. The fourth-order valence-electron chi connectivity index (χ4n) is 5.04. The van der Waals surface area contributed by atoms with Gasteiger partial charge in [0.25, 0.3) is 0 Å². The third-order valence-electron chi connectivity index (χ3n) is 8.13. The zero-order valence-electron chi connectivity index (χ0n) is 34.1. The van der Waals surface area contributed by atoms with Crippen molar-refractivity contribution in [2.45, 2.75) is 122 Å². The third kappa shape index (κ3) is 33.8. The SMILES string of the molecule is CC/C=C/C=C/C=C/C=C/C=C/C=C/CCCCCC(=O)OCC(COCCC(C(=O)[O-])[N+](C)(C)C)OC(=O)CCCCCCC/C=C/C=C/C=C/CC. The molecule has 0 aliphatic heterocycles. The van der Waals surface area contributed by atoms with Gasteiger partial charge in [-0.1, -0.05) is 149 Å². The number of likely N-dealkylation sites (N-methyl/N-ethyl adjacent to an activating group) is 1. The van der Waals surface area contributed by atoms with Gasteiger partial charge in [0.05, 0.1) is 40.3 Å². The Morgan fingerprint density at radius 2 is 0.981 bits per heavy atom. The van der Waals surface area contributed by atoms with Crippen LogP contribution in [0.3, 0.4) is 0 Å². The molecule has 0 heterocycles. The first-order valence-electron chi connectivity index (χ1n) is 20.0. The smallest absolute Gasteiger partial charge is 0.306 e. The molecule has 0 aliphatic rings. The van der Waals surface area contributed by atoms with Crippen molar-refractivity contribution in [3.8, 4) is 0 Å². The Hall–Kier alpha value is -4.01. The summed E-state index contributed by atoms with van der Waals surface area (Å²) < 4.78 is 17.0. The number of carboxylic acid groups (broad SMARTS) is 1. The molecule has 0 N–H and O–H groups in total. The fourth-order valence-corrected chi connectivity index (χ4v) is 5.04. The summed E-state index contributed by atoms with van der Waals surface area (Å²) in [5.74, 6) is -1.84. The van der Waals surface area contributed by atoms with E-state index in [1.54, 1.807) is 21.1 Å². The quantitative estimate of drug-likeness (QED) is 0.0285. The first kappa shape index (κ1) is 50.0. The van der Waals surface area contributed by atoms with Gasteiger partial charge in [-0.05, 0) is 51.4 Å². The first-order valence-corrected chi connectivity index (χ1v) is 20.0. The number of carbonyl (C=O) groups is 3. The van der Waals surface area contributed by atoms with Crippen LogP contribution in [-0.4, -0.2) is 75.5 Å². The number of ether oxygens (including phenoxy) is 3. The highest BCUT2D eigenvalue weighted by molar-refractivity contribution is 5.70. The van der Waals surface area contributed by atoms with Crippen LogP contribution in [-0.2, 0) is 28.6 Å². The number of quaternary nitrogens is 1. The number of rotatable bonds is 33. The highest BCUT2D eigenvalue weighted by atomic mass is 16.6. The van der Waals surface area contributed by atoms with Crippen molar-refractivity contribution >= 4 is 17.9 Å². The molecule has 0 aromatic heterocycles. The molecule has 302 valence electrons. The molecule has 0 bridgehead atoms. The lowest BCUT2D eigenvalue weighted by Crippen LogP contribution is -2.55. The minimum Gasteiger partial charge on any atom is -0.544 e. The molecule has 8 heteroatoms. The lowest BCUT2D eigenvalue weighted by molar-refractivity contribution is -0.889. The minimum atomic E-state index is -1.14. The zero-order chi connectivity index (χ0) is 40.0. The highest BCUT2D eigenvalue weighted by Gasteiger charge is 2.25. The first-order chi connectivity index (χ1) is 26.1. The van der Waals surface area contributed by atoms with Gasteiger partial charge in [0, 0.05) is 19.3 Å². The molecular formula is C46H71NO7. The molecule has 2 atom stereocenters. The van der Waals surface area contributed by atoms with E-state index in [9.17, 15) is 19.5 Å². The third-order valence-corrected chi connectivity index (χ3v) is 8.13. The normalized spacial score (nSPS) is 14.2. The van der Waals surface area contributed by atoms with Crippen LogP contribution < -0.4 is 5.11 Å². The molecule has 0 saturated carbocycles. The molecule has 8 nitrogen and oxygen atoms in total. The van der Waals surface area contributed by atoms with Crippen molar-refractivity contribution in [1.82, 2.24) is 0 Å². The Morgan fingerprint density at radius 1 is 0.556 bits per heavy atom. The van der Waals surface area contributed by atoms with E-state index in [0.717, 1.165) is 70.6 Å². The highest BCUT2D eigenvalue weighted by Crippen LogP contribution is 2.12. The van der Waals surface area contributed by atoms with Crippen LogP contribution in [0.5, 0.6) is 0 Å². The van der Waals surface area contributed by atoms with Gasteiger partial charge in [-0.25, -0.2) is 0 Å². The van der Waals surface area contributed by atoms with Gasteiger partial charge in [0.1, 0.15) is 12.6 Å². The Bertz CT molecular complexity index is 1240. The second-order valence-corrected chi connectivity index (χ2v) is 14.0. The van der Waals surface area contributed by atoms with Gasteiger partial charge in [0.15, 0.2) is 6.10 Å². The number of esters is 2. The second-order valence-electron chi connectivity index (χ2n) is 14.0. The van der Waals surface area contributed by atoms with Crippen LogP contribution >= 0.6 is 0 Å². The molecule has 0 aromatic carbocycles. The Balaban J connectivity index is 4.55. The van der Waals surface area contributed by atoms with E-state index in [1.165, 1.54) is 0 Å². The Morgan fingerprint density at radius 3 is 1.46 bits per heavy atom. The topological polar surface area (TPSA) is 102 Å². The summed E-state index contributed by atoms with van der Waals surface area (Å²) in [7, 11) is 5.36. The molecular weight excluding hydrogens is 679 g/mol. The molecule has 0 aliphatic carbocycles. The van der Waals surface area contributed by atoms with Crippen LogP contribution in [0.4, 0.5) is 0 Å². The Labute approximate surface area is 328 Å². The van der Waals surface area contributed by atoms with Crippen LogP contribution in [0.25, 0.3) is 0 Å². The molecule has 0 fully saturated rings. The maximum Gasteiger partial charge on any atom is 0.306 e. The summed E-state index contributed by atoms with van der Waals surface area (Å²) in [6.45, 7) is 4.27. The molecule has 54 heavy (non-hydrogen) atoms. The number of hydrogen-bond acceptors (Lipinski definition) is 7. The summed E-state index contributed by atoms with van der Waals surface area (Å²) in [4.78, 5) is 36.7. The van der Waals surface area contributed by atoms with Crippen LogP contribution in [0.15, 0.2) is 109 Å². The molecule has 0 rings (SSSR count). The lowest BCUT2D eigenvalue weighted by atomic mass is 10.1. The number of aliphatic carboxylic acids is 1. The Kier molecular flexibility index (Phi) is 33.3. The van der Waals surface area contributed by atoms with Gasteiger partial charge >= 0.3 is 11.9 Å². The van der Waals surface area contributed by atoms with Gasteiger partial charge < -0.3 is 28.6 Å². The molecule has 0 spiro atoms. The predicted molar refractivity (Wildman–Crippen MR) is 221 cm³/mol. The zero-order valence-corrected chi connectivity index (χ0v) is 34.1. The monoisotopic (exact) mass is 750 g/mol. The van der Waals surface area contributed by atoms with Crippen molar-refractivity contribution in [3.05, 3.63) is 109 Å². The van der Waals surface area contributed by atoms with Crippen molar-refractivity contribution < 1.29 is 38.2 Å². The van der Waals surface area contributed by atoms with Crippen molar-refractivity contribution in [2.75, 3.05) is 41.0 Å². The predicted octanol–water partition coefficient (Wildman–Crippen LogP) is 9.18. The molecule has 0 radical (unpaired) electrons. The number of nitrogens with zero attached hydrogens (tertiary/aromatic N) is 1. The average Bonchev–Trinajstić information content (AvgIpc) is 3.12. The van der Waals surface area contributed by atoms with E-state index in [2.05, 4.69) is 50.3 Å². The summed E-state index contributed by atoms with van der Waals surface area (Å²) in [5, 5.41) is 11.6. The van der Waals surface area contributed by atoms with E-state index in [0.29, 0.717) is 6.42 Å². The standard InChI is InChI=1S/C46H71NO7/c1-6-8-10-12-14-16-18-20-21-22-23-25-26-28-30-32-34-36-44(48)53-41-42(40-52-39-38-43(46(50)51)47(3,4)5)54-45(49)37-35-33-31-29-27-24-19-17-15-13-11-9-7-2/h8-23,25-26,42-43H,6-7,24,27-41H2,1-5H3/b10-8+,11-9+,14-12+,15-13+,18-16+,19-17+,21-20+,23-22+,26-25+. The van der Waals surface area contributed by atoms with E-state index < -0.39 is 18.1 Å².